The van der Waals surface area contributed by atoms with E-state index in [4.69, 9.17) is 9.15 Å². The first-order valence-electron chi connectivity index (χ1n) is 7.40. The van der Waals surface area contributed by atoms with Gasteiger partial charge in [0.2, 0.25) is 0 Å². The minimum atomic E-state index is -0.267. The first-order chi connectivity index (χ1) is 9.95. The van der Waals surface area contributed by atoms with Gasteiger partial charge in [-0.25, -0.2) is 0 Å². The van der Waals surface area contributed by atoms with Crippen LogP contribution in [0.3, 0.4) is 0 Å². The lowest BCUT2D eigenvalue weighted by Gasteiger charge is -2.35. The molecule has 5 nitrogen and oxygen atoms in total. The molecule has 1 fully saturated rings. The van der Waals surface area contributed by atoms with E-state index in [0.29, 0.717) is 17.9 Å². The number of likely N-dealkylation sites (tertiary alicyclic amines) is 1. The fourth-order valence-electron chi connectivity index (χ4n) is 3.01. The number of carbonyl (C=O) groups is 2. The number of piperidine rings is 1. The molecular formula is C16H23NO4. The summed E-state index contributed by atoms with van der Waals surface area (Å²) < 4.78 is 10.3. The highest BCUT2D eigenvalue weighted by molar-refractivity contribution is 5.97. The molecule has 1 atom stereocenters. The fraction of sp³-hybridized carbons (Fsp3) is 0.625. The summed E-state index contributed by atoms with van der Waals surface area (Å²) >= 11 is 0. The van der Waals surface area contributed by atoms with Crippen molar-refractivity contribution >= 4 is 11.9 Å². The molecule has 0 bridgehead atoms. The van der Waals surface area contributed by atoms with Crippen LogP contribution in [-0.4, -0.2) is 36.5 Å². The van der Waals surface area contributed by atoms with Gasteiger partial charge in [0.15, 0.2) is 0 Å². The van der Waals surface area contributed by atoms with Crippen LogP contribution in [0, 0.1) is 20.8 Å². The summed E-state index contributed by atoms with van der Waals surface area (Å²) in [4.78, 5) is 26.2. The Morgan fingerprint density at radius 3 is 2.52 bits per heavy atom. The van der Waals surface area contributed by atoms with Gasteiger partial charge in [-0.2, -0.15) is 0 Å². The zero-order chi connectivity index (χ0) is 15.6. The predicted molar refractivity (Wildman–Crippen MR) is 78.2 cm³/mol. The maximum absolute atomic E-state index is 12.8. The summed E-state index contributed by atoms with van der Waals surface area (Å²) in [6.07, 6.45) is 3.11. The summed E-state index contributed by atoms with van der Waals surface area (Å²) in [5, 5.41) is 0. The number of ether oxygens (including phenoxy) is 1. The highest BCUT2D eigenvalue weighted by Gasteiger charge is 2.32. The molecule has 2 rings (SSSR count). The van der Waals surface area contributed by atoms with Crippen molar-refractivity contribution in [3.8, 4) is 0 Å². The van der Waals surface area contributed by atoms with Gasteiger partial charge in [0, 0.05) is 18.2 Å². The molecule has 0 aliphatic carbocycles. The van der Waals surface area contributed by atoms with Crippen LogP contribution in [0.2, 0.25) is 0 Å². The number of carbonyl (C=O) groups excluding carboxylic acids is 2. The van der Waals surface area contributed by atoms with Gasteiger partial charge in [0.05, 0.1) is 19.1 Å². The quantitative estimate of drug-likeness (QED) is 0.804. The van der Waals surface area contributed by atoms with E-state index in [0.717, 1.165) is 30.6 Å². The van der Waals surface area contributed by atoms with Gasteiger partial charge in [-0.15, -0.1) is 0 Å². The van der Waals surface area contributed by atoms with E-state index in [9.17, 15) is 9.59 Å². The lowest BCUT2D eigenvalue weighted by Crippen LogP contribution is -2.45. The number of aryl methyl sites for hydroxylation is 2. The summed E-state index contributed by atoms with van der Waals surface area (Å²) in [6, 6.07) is -0.0762. The number of nitrogens with zero attached hydrogens (tertiary/aromatic N) is 1. The molecular weight excluding hydrogens is 270 g/mol. The van der Waals surface area contributed by atoms with Crippen molar-refractivity contribution in [3.05, 3.63) is 22.6 Å². The zero-order valence-corrected chi connectivity index (χ0v) is 13.2. The monoisotopic (exact) mass is 293 g/mol. The van der Waals surface area contributed by atoms with E-state index in [2.05, 4.69) is 0 Å². The van der Waals surface area contributed by atoms with Gasteiger partial charge >= 0.3 is 5.97 Å². The Morgan fingerprint density at radius 2 is 1.95 bits per heavy atom. The SMILES string of the molecule is COC(=O)CC1CCCCN1C(=O)c1c(C)oc(C)c1C. The van der Waals surface area contributed by atoms with Gasteiger partial charge in [-0.3, -0.25) is 9.59 Å². The van der Waals surface area contributed by atoms with Crippen LogP contribution in [0.4, 0.5) is 0 Å². The maximum atomic E-state index is 12.8. The second-order valence-corrected chi connectivity index (χ2v) is 5.64. The van der Waals surface area contributed by atoms with Gasteiger partial charge in [0.1, 0.15) is 11.5 Å². The summed E-state index contributed by atoms with van der Waals surface area (Å²) in [6.45, 7) is 6.26. The molecule has 0 aromatic carbocycles. The smallest absolute Gasteiger partial charge is 0.307 e. The topological polar surface area (TPSA) is 59.8 Å². The highest BCUT2D eigenvalue weighted by Crippen LogP contribution is 2.27. The van der Waals surface area contributed by atoms with Crippen LogP contribution in [0.5, 0.6) is 0 Å². The van der Waals surface area contributed by atoms with E-state index < -0.39 is 0 Å². The summed E-state index contributed by atoms with van der Waals surface area (Å²) in [7, 11) is 1.38. The van der Waals surface area contributed by atoms with Crippen molar-refractivity contribution < 1.29 is 18.7 Å². The molecule has 1 amide bonds. The standard InChI is InChI=1S/C16H23NO4/c1-10-11(2)21-12(3)15(10)16(19)17-8-6-5-7-13(17)9-14(18)20-4/h13H,5-9H2,1-4H3. The molecule has 0 spiro atoms. The Morgan fingerprint density at radius 1 is 1.24 bits per heavy atom. The van der Waals surface area contributed by atoms with Crippen LogP contribution in [0.25, 0.3) is 0 Å². The first-order valence-corrected chi connectivity index (χ1v) is 7.40. The minimum Gasteiger partial charge on any atom is -0.469 e. The van der Waals surface area contributed by atoms with Crippen LogP contribution in [0.1, 0.15) is 53.1 Å². The maximum Gasteiger partial charge on any atom is 0.307 e. The lowest BCUT2D eigenvalue weighted by molar-refractivity contribution is -0.142. The Kier molecular flexibility index (Phi) is 4.70. The van der Waals surface area contributed by atoms with Gasteiger partial charge in [-0.1, -0.05) is 0 Å². The third-order valence-corrected chi connectivity index (χ3v) is 4.29. The van der Waals surface area contributed by atoms with Crippen molar-refractivity contribution in [1.29, 1.82) is 0 Å². The number of amides is 1. The number of hydrogen-bond donors (Lipinski definition) is 0. The second-order valence-electron chi connectivity index (χ2n) is 5.64. The van der Waals surface area contributed by atoms with Crippen molar-refractivity contribution in [2.24, 2.45) is 0 Å². The normalized spacial score (nSPS) is 18.7. The second kappa shape index (κ2) is 6.33. The molecule has 1 aliphatic heterocycles. The molecule has 5 heteroatoms. The lowest BCUT2D eigenvalue weighted by atomic mass is 9.97. The fourth-order valence-corrected chi connectivity index (χ4v) is 3.01. The van der Waals surface area contributed by atoms with E-state index in [-0.39, 0.29) is 24.3 Å². The van der Waals surface area contributed by atoms with E-state index >= 15 is 0 Å². The number of furan rings is 1. The number of hydrogen-bond acceptors (Lipinski definition) is 4. The average molecular weight is 293 g/mol. The van der Waals surface area contributed by atoms with E-state index in [1.54, 1.807) is 0 Å². The first kappa shape index (κ1) is 15.6. The third kappa shape index (κ3) is 3.12. The molecule has 1 aliphatic rings. The molecule has 116 valence electrons. The molecule has 1 unspecified atom stereocenters. The van der Waals surface area contributed by atoms with Crippen molar-refractivity contribution in [1.82, 2.24) is 4.90 Å². The van der Waals surface area contributed by atoms with Crippen LogP contribution in [0.15, 0.2) is 4.42 Å². The Labute approximate surface area is 125 Å². The minimum absolute atomic E-state index is 0.0320. The van der Waals surface area contributed by atoms with Crippen molar-refractivity contribution in [2.45, 2.75) is 52.5 Å². The number of rotatable bonds is 3. The van der Waals surface area contributed by atoms with Crippen LogP contribution in [-0.2, 0) is 9.53 Å². The highest BCUT2D eigenvalue weighted by atomic mass is 16.5. The molecule has 0 N–H and O–H groups in total. The molecule has 0 saturated carbocycles. The van der Waals surface area contributed by atoms with Crippen LogP contribution < -0.4 is 0 Å². The van der Waals surface area contributed by atoms with E-state index in [1.165, 1.54) is 7.11 Å². The molecule has 1 aromatic heterocycles. The van der Waals surface area contributed by atoms with Crippen LogP contribution >= 0.6 is 0 Å². The van der Waals surface area contributed by atoms with Gasteiger partial charge in [-0.05, 0) is 40.0 Å². The Balaban J connectivity index is 2.24. The average Bonchev–Trinajstić information content (AvgIpc) is 2.72. The molecule has 2 heterocycles. The Bertz CT molecular complexity index is 547. The zero-order valence-electron chi connectivity index (χ0n) is 13.2. The molecule has 1 saturated heterocycles. The van der Waals surface area contributed by atoms with Crippen molar-refractivity contribution in [3.63, 3.8) is 0 Å². The largest absolute Gasteiger partial charge is 0.469 e. The molecule has 21 heavy (non-hydrogen) atoms. The predicted octanol–water partition coefficient (Wildman–Crippen LogP) is 2.76. The molecule has 1 aromatic rings. The third-order valence-electron chi connectivity index (χ3n) is 4.29. The number of esters is 1. The van der Waals surface area contributed by atoms with Gasteiger partial charge in [0.25, 0.3) is 5.91 Å². The number of methoxy groups -OCH3 is 1. The molecule has 0 radical (unpaired) electrons. The Hall–Kier alpha value is -1.78. The summed E-state index contributed by atoms with van der Waals surface area (Å²) in [5.74, 6) is 1.13. The van der Waals surface area contributed by atoms with Crippen molar-refractivity contribution in [2.75, 3.05) is 13.7 Å². The van der Waals surface area contributed by atoms with Gasteiger partial charge < -0.3 is 14.1 Å². The van der Waals surface area contributed by atoms with E-state index in [1.807, 2.05) is 25.7 Å². The summed E-state index contributed by atoms with van der Waals surface area (Å²) in [5.41, 5.74) is 1.53.